The molecule has 0 aromatic rings. The molecule has 0 saturated carbocycles. The van der Waals surface area contributed by atoms with Crippen LogP contribution < -0.4 is 5.43 Å². The molecule has 0 aliphatic carbocycles. The molecular formula is C9H16N2OS. The van der Waals surface area contributed by atoms with Crippen molar-refractivity contribution in [3.63, 3.8) is 0 Å². The zero-order valence-electron chi connectivity index (χ0n) is 8.17. The molecule has 1 heterocycles. The number of hydrogen-bond donors (Lipinski definition) is 1. The minimum Gasteiger partial charge on any atom is -0.273 e. The van der Waals surface area contributed by atoms with Gasteiger partial charge in [0.15, 0.2) is 0 Å². The summed E-state index contributed by atoms with van der Waals surface area (Å²) in [5.74, 6) is 2.21. The minimum absolute atomic E-state index is 0.00285. The van der Waals surface area contributed by atoms with Crippen LogP contribution in [0.2, 0.25) is 0 Å². The van der Waals surface area contributed by atoms with Gasteiger partial charge in [0.05, 0.1) is 0 Å². The molecular weight excluding hydrogens is 184 g/mol. The Hall–Kier alpha value is -0.510. The molecule has 0 aromatic heterocycles. The van der Waals surface area contributed by atoms with Gasteiger partial charge in [0, 0.05) is 17.4 Å². The number of carbonyl (C=O) groups excluding carboxylic acids is 1. The molecule has 1 rings (SSSR count). The molecule has 0 spiro atoms. The average Bonchev–Trinajstić information content (AvgIpc) is 2.15. The summed E-state index contributed by atoms with van der Waals surface area (Å²) >= 11 is 1.88. The quantitative estimate of drug-likeness (QED) is 0.688. The Bertz CT molecular complexity index is 206. The summed E-state index contributed by atoms with van der Waals surface area (Å²) in [4.78, 5) is 11.2. The highest BCUT2D eigenvalue weighted by Gasteiger charge is 2.09. The van der Waals surface area contributed by atoms with Crippen LogP contribution in [0.1, 0.15) is 26.7 Å². The third-order valence-electron chi connectivity index (χ3n) is 1.87. The van der Waals surface area contributed by atoms with Crippen molar-refractivity contribution in [3.05, 3.63) is 0 Å². The topological polar surface area (TPSA) is 41.5 Å². The van der Waals surface area contributed by atoms with Gasteiger partial charge in [-0.1, -0.05) is 13.8 Å². The highest BCUT2D eigenvalue weighted by atomic mass is 32.2. The van der Waals surface area contributed by atoms with Gasteiger partial charge in [-0.05, 0) is 18.6 Å². The summed E-state index contributed by atoms with van der Waals surface area (Å²) in [6, 6.07) is 0. The van der Waals surface area contributed by atoms with Crippen LogP contribution in [0.4, 0.5) is 0 Å². The Morgan fingerprint density at radius 2 is 2.38 bits per heavy atom. The second-order valence-electron chi connectivity index (χ2n) is 3.46. The van der Waals surface area contributed by atoms with Gasteiger partial charge in [-0.3, -0.25) is 4.79 Å². The summed E-state index contributed by atoms with van der Waals surface area (Å²) < 4.78 is 0. The number of rotatable bonds is 2. The molecule has 0 radical (unpaired) electrons. The van der Waals surface area contributed by atoms with Gasteiger partial charge < -0.3 is 0 Å². The highest BCUT2D eigenvalue weighted by Crippen LogP contribution is 2.13. The maximum atomic E-state index is 11.2. The second kappa shape index (κ2) is 5.27. The standard InChI is InChI=1S/C9H16N2OS/c1-7(2)9(12)11-10-8-4-3-5-13-6-8/h7H,3-6H2,1-2H3,(H,11,12)/b10-8-. The van der Waals surface area contributed by atoms with Crippen molar-refractivity contribution in [1.29, 1.82) is 0 Å². The minimum atomic E-state index is 0.00285. The van der Waals surface area contributed by atoms with Gasteiger partial charge in [-0.15, -0.1) is 0 Å². The average molecular weight is 200 g/mol. The van der Waals surface area contributed by atoms with Crippen molar-refractivity contribution >= 4 is 23.4 Å². The Balaban J connectivity index is 2.33. The second-order valence-corrected chi connectivity index (χ2v) is 4.57. The third kappa shape index (κ3) is 3.81. The van der Waals surface area contributed by atoms with Crippen molar-refractivity contribution in [1.82, 2.24) is 5.43 Å². The number of hydrogen-bond acceptors (Lipinski definition) is 3. The molecule has 1 saturated heterocycles. The van der Waals surface area contributed by atoms with Gasteiger partial charge in [-0.2, -0.15) is 16.9 Å². The molecule has 0 unspecified atom stereocenters. The van der Waals surface area contributed by atoms with Crippen LogP contribution in [0.5, 0.6) is 0 Å². The molecule has 0 bridgehead atoms. The van der Waals surface area contributed by atoms with Gasteiger partial charge in [-0.25, -0.2) is 5.43 Å². The fourth-order valence-electron chi connectivity index (χ4n) is 0.992. The lowest BCUT2D eigenvalue weighted by Gasteiger charge is -2.12. The predicted molar refractivity (Wildman–Crippen MR) is 57.0 cm³/mol. The summed E-state index contributed by atoms with van der Waals surface area (Å²) in [5.41, 5.74) is 3.70. The number of hydrazone groups is 1. The SMILES string of the molecule is CC(C)C(=O)N/N=C1/CCCSC1. The van der Waals surface area contributed by atoms with Crippen LogP contribution in [0, 0.1) is 5.92 Å². The van der Waals surface area contributed by atoms with E-state index in [0.717, 1.165) is 17.9 Å². The smallest absolute Gasteiger partial charge is 0.242 e. The molecule has 1 aliphatic heterocycles. The summed E-state index contributed by atoms with van der Waals surface area (Å²) in [6.45, 7) is 3.73. The number of carbonyl (C=O) groups is 1. The Morgan fingerprint density at radius 3 is 2.92 bits per heavy atom. The molecule has 0 atom stereocenters. The van der Waals surface area contributed by atoms with E-state index in [0.29, 0.717) is 0 Å². The monoisotopic (exact) mass is 200 g/mol. The van der Waals surface area contributed by atoms with Crippen molar-refractivity contribution < 1.29 is 4.79 Å². The van der Waals surface area contributed by atoms with E-state index in [9.17, 15) is 4.79 Å². The Labute approximate surface area is 83.4 Å². The molecule has 1 aliphatic rings. The first-order chi connectivity index (χ1) is 6.20. The fourth-order valence-corrected chi connectivity index (χ4v) is 1.93. The predicted octanol–water partition coefficient (Wildman–Crippen LogP) is 1.64. The Kier molecular flexibility index (Phi) is 4.28. The van der Waals surface area contributed by atoms with Crippen molar-refractivity contribution in [3.8, 4) is 0 Å². The lowest BCUT2D eigenvalue weighted by atomic mass is 10.2. The van der Waals surface area contributed by atoms with E-state index in [1.54, 1.807) is 0 Å². The lowest BCUT2D eigenvalue weighted by Crippen LogP contribution is -2.25. The third-order valence-corrected chi connectivity index (χ3v) is 2.99. The van der Waals surface area contributed by atoms with Crippen LogP contribution in [0.25, 0.3) is 0 Å². The molecule has 1 N–H and O–H groups in total. The highest BCUT2D eigenvalue weighted by molar-refractivity contribution is 8.00. The van der Waals surface area contributed by atoms with Gasteiger partial charge in [0.1, 0.15) is 0 Å². The summed E-state index contributed by atoms with van der Waals surface area (Å²) in [6.07, 6.45) is 2.21. The summed E-state index contributed by atoms with van der Waals surface area (Å²) in [5, 5.41) is 4.10. The number of nitrogens with zero attached hydrogens (tertiary/aromatic N) is 1. The fraction of sp³-hybridized carbons (Fsp3) is 0.778. The van der Waals surface area contributed by atoms with Crippen LogP contribution in [0.15, 0.2) is 5.10 Å². The van der Waals surface area contributed by atoms with E-state index in [1.807, 2.05) is 25.6 Å². The first-order valence-electron chi connectivity index (χ1n) is 4.63. The van der Waals surface area contributed by atoms with Gasteiger partial charge in [0.25, 0.3) is 0 Å². The van der Waals surface area contributed by atoms with E-state index in [4.69, 9.17) is 0 Å². The van der Waals surface area contributed by atoms with E-state index in [1.165, 1.54) is 12.2 Å². The maximum Gasteiger partial charge on any atom is 0.242 e. The molecule has 3 nitrogen and oxygen atoms in total. The van der Waals surface area contributed by atoms with E-state index in [-0.39, 0.29) is 11.8 Å². The first kappa shape index (κ1) is 10.6. The largest absolute Gasteiger partial charge is 0.273 e. The van der Waals surface area contributed by atoms with E-state index >= 15 is 0 Å². The lowest BCUT2D eigenvalue weighted by molar-refractivity contribution is -0.123. The molecule has 0 aromatic carbocycles. The normalized spacial score (nSPS) is 20.7. The zero-order valence-corrected chi connectivity index (χ0v) is 8.99. The van der Waals surface area contributed by atoms with E-state index in [2.05, 4.69) is 10.5 Å². The zero-order chi connectivity index (χ0) is 9.68. The van der Waals surface area contributed by atoms with Crippen LogP contribution >= 0.6 is 11.8 Å². The molecule has 1 amide bonds. The van der Waals surface area contributed by atoms with Gasteiger partial charge in [0.2, 0.25) is 5.91 Å². The molecule has 13 heavy (non-hydrogen) atoms. The maximum absolute atomic E-state index is 11.2. The van der Waals surface area contributed by atoms with Crippen LogP contribution in [-0.2, 0) is 4.79 Å². The van der Waals surface area contributed by atoms with Crippen LogP contribution in [-0.4, -0.2) is 23.1 Å². The number of nitrogens with one attached hydrogen (secondary N) is 1. The summed E-state index contributed by atoms with van der Waals surface area (Å²) in [7, 11) is 0. The van der Waals surface area contributed by atoms with Crippen LogP contribution in [0.3, 0.4) is 0 Å². The van der Waals surface area contributed by atoms with Crippen molar-refractivity contribution in [2.45, 2.75) is 26.7 Å². The molecule has 1 fully saturated rings. The van der Waals surface area contributed by atoms with Gasteiger partial charge >= 0.3 is 0 Å². The number of thioether (sulfide) groups is 1. The Morgan fingerprint density at radius 1 is 1.62 bits per heavy atom. The van der Waals surface area contributed by atoms with E-state index < -0.39 is 0 Å². The van der Waals surface area contributed by atoms with Crippen molar-refractivity contribution in [2.24, 2.45) is 11.0 Å². The van der Waals surface area contributed by atoms with Crippen molar-refractivity contribution in [2.75, 3.05) is 11.5 Å². The first-order valence-corrected chi connectivity index (χ1v) is 5.78. The molecule has 74 valence electrons. The number of amides is 1. The molecule has 4 heteroatoms.